The van der Waals surface area contributed by atoms with Crippen molar-refractivity contribution < 1.29 is 9.59 Å². The molecule has 32 heavy (non-hydrogen) atoms. The average Bonchev–Trinajstić information content (AvgIpc) is 2.82. The summed E-state index contributed by atoms with van der Waals surface area (Å²) in [5.41, 5.74) is 3.73. The molecule has 0 unspecified atom stereocenters. The Labute approximate surface area is 185 Å². The smallest absolute Gasteiger partial charge is 0.319 e. The maximum absolute atomic E-state index is 12.1. The SMILES string of the molecule is [C-]#[N+]c1cccc(NC(=O)NCc2cccc(CNC(=O)Nc3cccc(C#N)c3)c2)c1. The average molecular weight is 424 g/mol. The van der Waals surface area contributed by atoms with Crippen molar-refractivity contribution in [2.75, 3.05) is 10.6 Å². The molecule has 4 amide bonds. The van der Waals surface area contributed by atoms with E-state index in [4.69, 9.17) is 11.8 Å². The van der Waals surface area contributed by atoms with Crippen molar-refractivity contribution in [3.8, 4) is 6.07 Å². The van der Waals surface area contributed by atoms with Gasteiger partial charge in [-0.1, -0.05) is 42.5 Å². The Balaban J connectivity index is 1.48. The van der Waals surface area contributed by atoms with Crippen molar-refractivity contribution in [3.05, 3.63) is 101 Å². The fourth-order valence-electron chi connectivity index (χ4n) is 2.88. The number of carbonyl (C=O) groups excluding carboxylic acids is 2. The van der Waals surface area contributed by atoms with E-state index in [9.17, 15) is 9.59 Å². The first-order valence-corrected chi connectivity index (χ1v) is 9.71. The van der Waals surface area contributed by atoms with Gasteiger partial charge in [-0.15, -0.1) is 0 Å². The number of rotatable bonds is 6. The first-order valence-electron chi connectivity index (χ1n) is 9.71. The third-order valence-electron chi connectivity index (χ3n) is 4.38. The summed E-state index contributed by atoms with van der Waals surface area (Å²) < 4.78 is 0. The van der Waals surface area contributed by atoms with E-state index in [1.54, 1.807) is 48.5 Å². The zero-order valence-electron chi connectivity index (χ0n) is 17.1. The molecular formula is C24H20N6O2. The van der Waals surface area contributed by atoms with Gasteiger partial charge in [0.15, 0.2) is 5.69 Å². The van der Waals surface area contributed by atoms with Crippen LogP contribution in [0, 0.1) is 17.9 Å². The van der Waals surface area contributed by atoms with Gasteiger partial charge in [-0.3, -0.25) is 0 Å². The van der Waals surface area contributed by atoms with Crippen molar-refractivity contribution in [1.82, 2.24) is 10.6 Å². The van der Waals surface area contributed by atoms with Crippen LogP contribution in [-0.2, 0) is 13.1 Å². The van der Waals surface area contributed by atoms with Crippen molar-refractivity contribution in [1.29, 1.82) is 5.26 Å². The Hall–Kier alpha value is -4.82. The van der Waals surface area contributed by atoms with Gasteiger partial charge in [-0.25, -0.2) is 14.4 Å². The minimum absolute atomic E-state index is 0.299. The quantitative estimate of drug-likeness (QED) is 0.429. The number of nitrogens with one attached hydrogen (secondary N) is 4. The number of hydrogen-bond acceptors (Lipinski definition) is 3. The van der Waals surface area contributed by atoms with Gasteiger partial charge in [0.1, 0.15) is 0 Å². The molecule has 0 spiro atoms. The summed E-state index contributed by atoms with van der Waals surface area (Å²) in [6.07, 6.45) is 0. The Bertz CT molecular complexity index is 1120. The maximum atomic E-state index is 12.1. The topological polar surface area (TPSA) is 110 Å². The van der Waals surface area contributed by atoms with Crippen LogP contribution >= 0.6 is 0 Å². The number of nitrogens with zero attached hydrogens (tertiary/aromatic N) is 2. The molecule has 0 aliphatic carbocycles. The van der Waals surface area contributed by atoms with Gasteiger partial charge in [0.25, 0.3) is 0 Å². The Morgan fingerprint density at radius 2 is 1.38 bits per heavy atom. The van der Waals surface area contributed by atoms with Crippen LogP contribution in [0.1, 0.15) is 16.7 Å². The fourth-order valence-corrected chi connectivity index (χ4v) is 2.88. The lowest BCUT2D eigenvalue weighted by molar-refractivity contribution is 0.251. The lowest BCUT2D eigenvalue weighted by Gasteiger charge is -2.10. The zero-order chi connectivity index (χ0) is 22.8. The fraction of sp³-hybridized carbons (Fsp3) is 0.0833. The van der Waals surface area contributed by atoms with E-state index in [2.05, 4.69) is 26.1 Å². The molecular weight excluding hydrogens is 404 g/mol. The summed E-state index contributed by atoms with van der Waals surface area (Å²) >= 11 is 0. The third kappa shape index (κ3) is 6.61. The molecule has 0 radical (unpaired) electrons. The van der Waals surface area contributed by atoms with Crippen LogP contribution in [0.4, 0.5) is 26.7 Å². The number of anilines is 2. The Kier molecular flexibility index (Phi) is 7.39. The molecule has 8 nitrogen and oxygen atoms in total. The highest BCUT2D eigenvalue weighted by Gasteiger charge is 2.05. The summed E-state index contributed by atoms with van der Waals surface area (Å²) in [5.74, 6) is 0. The summed E-state index contributed by atoms with van der Waals surface area (Å²) in [6, 6.07) is 22.1. The molecule has 8 heteroatoms. The first-order chi connectivity index (χ1) is 15.6. The molecule has 0 saturated carbocycles. The molecule has 0 heterocycles. The summed E-state index contributed by atoms with van der Waals surface area (Å²) in [6.45, 7) is 7.62. The molecule has 0 saturated heterocycles. The Morgan fingerprint density at radius 3 is 1.97 bits per heavy atom. The second-order valence-corrected chi connectivity index (χ2v) is 6.79. The van der Waals surface area contributed by atoms with Crippen LogP contribution in [0.15, 0.2) is 72.8 Å². The number of hydrogen-bond donors (Lipinski definition) is 4. The van der Waals surface area contributed by atoms with E-state index < -0.39 is 0 Å². The minimum Gasteiger partial charge on any atom is -0.334 e. The van der Waals surface area contributed by atoms with E-state index in [1.807, 2.05) is 30.3 Å². The van der Waals surface area contributed by atoms with E-state index in [1.165, 1.54) is 0 Å². The molecule has 0 atom stereocenters. The summed E-state index contributed by atoms with van der Waals surface area (Å²) in [5, 5.41) is 19.8. The highest BCUT2D eigenvalue weighted by Crippen LogP contribution is 2.17. The molecule has 0 fully saturated rings. The van der Waals surface area contributed by atoms with Gasteiger partial charge < -0.3 is 21.3 Å². The molecule has 0 aromatic heterocycles. The lowest BCUT2D eigenvalue weighted by Crippen LogP contribution is -2.29. The standard InChI is InChI=1S/C24H20N6O2/c1-26-20-8-4-10-22(13-20)30-24(32)28-16-19-7-2-6-18(11-19)15-27-23(31)29-21-9-3-5-17(12-21)14-25/h2-13H,15-16H2,(H2,27,29,31)(H2,28,30,32). The van der Waals surface area contributed by atoms with E-state index in [0.29, 0.717) is 35.7 Å². The largest absolute Gasteiger partial charge is 0.334 e. The van der Waals surface area contributed by atoms with Gasteiger partial charge >= 0.3 is 12.1 Å². The predicted molar refractivity (Wildman–Crippen MR) is 122 cm³/mol. The van der Waals surface area contributed by atoms with Crippen molar-refractivity contribution >= 4 is 29.1 Å². The highest BCUT2D eigenvalue weighted by atomic mass is 16.2. The van der Waals surface area contributed by atoms with E-state index in [0.717, 1.165) is 11.1 Å². The van der Waals surface area contributed by atoms with Crippen LogP contribution in [0.25, 0.3) is 4.85 Å². The molecule has 3 aromatic carbocycles. The molecule has 3 rings (SSSR count). The predicted octanol–water partition coefficient (Wildman–Crippen LogP) is 4.75. The van der Waals surface area contributed by atoms with Gasteiger partial charge in [0.2, 0.25) is 0 Å². The Morgan fingerprint density at radius 1 is 0.812 bits per heavy atom. The van der Waals surface area contributed by atoms with Crippen LogP contribution in [-0.4, -0.2) is 12.1 Å². The van der Waals surface area contributed by atoms with Crippen LogP contribution in [0.3, 0.4) is 0 Å². The summed E-state index contributed by atoms with van der Waals surface area (Å²) in [7, 11) is 0. The van der Waals surface area contributed by atoms with Gasteiger partial charge in [0.05, 0.1) is 18.2 Å². The monoisotopic (exact) mass is 424 g/mol. The number of benzene rings is 3. The number of nitriles is 1. The molecule has 0 aliphatic heterocycles. The second kappa shape index (κ2) is 10.8. The lowest BCUT2D eigenvalue weighted by atomic mass is 10.1. The summed E-state index contributed by atoms with van der Waals surface area (Å²) in [4.78, 5) is 27.6. The van der Waals surface area contributed by atoms with Gasteiger partial charge in [-0.05, 0) is 41.5 Å². The van der Waals surface area contributed by atoms with Gasteiger partial charge in [-0.2, -0.15) is 5.26 Å². The number of urea groups is 2. The van der Waals surface area contributed by atoms with Crippen LogP contribution in [0.2, 0.25) is 0 Å². The molecule has 0 aliphatic rings. The third-order valence-corrected chi connectivity index (χ3v) is 4.38. The normalized spacial score (nSPS) is 9.69. The van der Waals surface area contributed by atoms with E-state index >= 15 is 0 Å². The number of amides is 4. The van der Waals surface area contributed by atoms with Crippen molar-refractivity contribution in [2.45, 2.75) is 13.1 Å². The molecule has 158 valence electrons. The maximum Gasteiger partial charge on any atom is 0.319 e. The number of carbonyl (C=O) groups is 2. The minimum atomic E-state index is -0.385. The molecule has 4 N–H and O–H groups in total. The van der Waals surface area contributed by atoms with Crippen molar-refractivity contribution in [2.24, 2.45) is 0 Å². The van der Waals surface area contributed by atoms with Crippen molar-refractivity contribution in [3.63, 3.8) is 0 Å². The van der Waals surface area contributed by atoms with Crippen LogP contribution in [0.5, 0.6) is 0 Å². The second-order valence-electron chi connectivity index (χ2n) is 6.79. The van der Waals surface area contributed by atoms with Crippen LogP contribution < -0.4 is 21.3 Å². The highest BCUT2D eigenvalue weighted by molar-refractivity contribution is 5.90. The first kappa shape index (κ1) is 21.9. The van der Waals surface area contributed by atoms with Gasteiger partial charge in [0, 0.05) is 24.5 Å². The van der Waals surface area contributed by atoms with E-state index in [-0.39, 0.29) is 12.1 Å². The molecule has 0 bridgehead atoms. The molecule has 3 aromatic rings. The zero-order valence-corrected chi connectivity index (χ0v) is 17.1.